The van der Waals surface area contributed by atoms with Crippen LogP contribution in [0, 0.1) is 11.6 Å². The van der Waals surface area contributed by atoms with Crippen LogP contribution < -0.4 is 10.6 Å². The number of amides is 2. The number of nitrogens with one attached hydrogen (secondary N) is 2. The van der Waals surface area contributed by atoms with Gasteiger partial charge in [-0.1, -0.05) is 6.07 Å². The van der Waals surface area contributed by atoms with Crippen molar-refractivity contribution in [3.05, 3.63) is 35.4 Å². The van der Waals surface area contributed by atoms with Crippen LogP contribution in [0.3, 0.4) is 0 Å². The van der Waals surface area contributed by atoms with Gasteiger partial charge in [0.25, 0.3) is 0 Å². The van der Waals surface area contributed by atoms with Crippen LogP contribution in [0.2, 0.25) is 0 Å². The first-order valence-corrected chi connectivity index (χ1v) is 4.03. The second-order valence-electron chi connectivity index (χ2n) is 2.63. The molecule has 0 bridgehead atoms. The van der Waals surface area contributed by atoms with Gasteiger partial charge in [-0.25, -0.2) is 13.6 Å². The zero-order valence-electron chi connectivity index (χ0n) is 7.60. The molecule has 0 fully saturated rings. The molecule has 2 amide bonds. The third kappa shape index (κ3) is 2.42. The lowest BCUT2D eigenvalue weighted by molar-refractivity contribution is 0.242. The summed E-state index contributed by atoms with van der Waals surface area (Å²) in [7, 11) is 1.42. The largest absolute Gasteiger partial charge is 0.341 e. The quantitative estimate of drug-likeness (QED) is 0.744. The van der Waals surface area contributed by atoms with Gasteiger partial charge in [0.15, 0.2) is 0 Å². The van der Waals surface area contributed by atoms with Crippen LogP contribution in [0.25, 0.3) is 0 Å². The summed E-state index contributed by atoms with van der Waals surface area (Å²) in [6, 6.07) is 3.08. The molecule has 0 atom stereocenters. The summed E-state index contributed by atoms with van der Waals surface area (Å²) < 4.78 is 26.0. The highest BCUT2D eigenvalue weighted by Crippen LogP contribution is 2.11. The Morgan fingerprint density at radius 2 is 1.93 bits per heavy atom. The summed E-state index contributed by atoms with van der Waals surface area (Å²) in [5.74, 6) is -1.33. The normalized spacial score (nSPS) is 9.64. The highest BCUT2D eigenvalue weighted by atomic mass is 19.1. The standard InChI is InChI=1S/C9H10F2N2O/c1-12-9(14)13-5-6-7(10)3-2-4-8(6)11/h2-4H,5H2,1H3,(H2,12,13,14). The Labute approximate surface area is 80.1 Å². The Kier molecular flexibility index (Phi) is 3.39. The van der Waals surface area contributed by atoms with Crippen LogP contribution in [-0.2, 0) is 6.54 Å². The Morgan fingerprint density at radius 3 is 2.43 bits per heavy atom. The molecular formula is C9H10F2N2O. The molecule has 2 N–H and O–H groups in total. The molecule has 1 aromatic rings. The van der Waals surface area contributed by atoms with E-state index < -0.39 is 17.7 Å². The Balaban J connectivity index is 2.71. The van der Waals surface area contributed by atoms with E-state index in [-0.39, 0.29) is 12.1 Å². The van der Waals surface area contributed by atoms with E-state index in [9.17, 15) is 13.6 Å². The number of carbonyl (C=O) groups excluding carboxylic acids is 1. The number of carbonyl (C=O) groups is 1. The lowest BCUT2D eigenvalue weighted by Gasteiger charge is -2.06. The van der Waals surface area contributed by atoms with Crippen LogP contribution in [0.5, 0.6) is 0 Å². The smallest absolute Gasteiger partial charge is 0.314 e. The van der Waals surface area contributed by atoms with Crippen LogP contribution in [0.1, 0.15) is 5.56 Å². The van der Waals surface area contributed by atoms with Gasteiger partial charge in [0.2, 0.25) is 0 Å². The maximum absolute atomic E-state index is 13.0. The second-order valence-corrected chi connectivity index (χ2v) is 2.63. The van der Waals surface area contributed by atoms with Gasteiger partial charge < -0.3 is 10.6 Å². The van der Waals surface area contributed by atoms with Crippen molar-refractivity contribution in [3.63, 3.8) is 0 Å². The third-order valence-corrected chi connectivity index (χ3v) is 1.71. The third-order valence-electron chi connectivity index (χ3n) is 1.71. The fourth-order valence-electron chi connectivity index (χ4n) is 0.958. The molecule has 0 saturated carbocycles. The van der Waals surface area contributed by atoms with Crippen molar-refractivity contribution in [2.24, 2.45) is 0 Å². The SMILES string of the molecule is CNC(=O)NCc1c(F)cccc1F. The number of halogens is 2. The minimum absolute atomic E-state index is 0.142. The average Bonchev–Trinajstić information content (AvgIpc) is 2.16. The van der Waals surface area contributed by atoms with Gasteiger partial charge in [0, 0.05) is 12.6 Å². The molecule has 0 aliphatic heterocycles. The Morgan fingerprint density at radius 1 is 1.36 bits per heavy atom. The summed E-state index contributed by atoms with van der Waals surface area (Å²) in [6.07, 6.45) is 0. The van der Waals surface area contributed by atoms with Gasteiger partial charge in [0.05, 0.1) is 6.54 Å². The van der Waals surface area contributed by atoms with Crippen LogP contribution in [-0.4, -0.2) is 13.1 Å². The molecule has 0 heterocycles. The van der Waals surface area contributed by atoms with E-state index >= 15 is 0 Å². The van der Waals surface area contributed by atoms with E-state index in [4.69, 9.17) is 0 Å². The van der Waals surface area contributed by atoms with E-state index in [2.05, 4.69) is 10.6 Å². The molecule has 0 spiro atoms. The van der Waals surface area contributed by atoms with E-state index in [1.54, 1.807) is 0 Å². The molecule has 0 radical (unpaired) electrons. The van der Waals surface area contributed by atoms with Gasteiger partial charge in [-0.3, -0.25) is 0 Å². The van der Waals surface area contributed by atoms with Crippen LogP contribution >= 0.6 is 0 Å². The average molecular weight is 200 g/mol. The highest BCUT2D eigenvalue weighted by Gasteiger charge is 2.08. The number of hydrogen-bond donors (Lipinski definition) is 2. The Hall–Kier alpha value is -1.65. The molecule has 1 rings (SSSR count). The zero-order chi connectivity index (χ0) is 10.6. The number of urea groups is 1. The summed E-state index contributed by atoms with van der Waals surface area (Å²) >= 11 is 0. The van der Waals surface area contributed by atoms with Crippen molar-refractivity contribution in [2.75, 3.05) is 7.05 Å². The summed E-state index contributed by atoms with van der Waals surface area (Å²) in [4.78, 5) is 10.7. The molecule has 3 nitrogen and oxygen atoms in total. The number of rotatable bonds is 2. The monoisotopic (exact) mass is 200 g/mol. The molecule has 1 aromatic carbocycles. The van der Waals surface area contributed by atoms with E-state index in [0.29, 0.717) is 0 Å². The van der Waals surface area contributed by atoms with Crippen molar-refractivity contribution in [3.8, 4) is 0 Å². The molecule has 76 valence electrons. The molecular weight excluding hydrogens is 190 g/mol. The van der Waals surface area contributed by atoms with Gasteiger partial charge in [-0.2, -0.15) is 0 Å². The predicted octanol–water partition coefficient (Wildman–Crippen LogP) is 1.39. The molecule has 0 aliphatic carbocycles. The van der Waals surface area contributed by atoms with Gasteiger partial charge in [0.1, 0.15) is 11.6 Å². The minimum atomic E-state index is -0.665. The van der Waals surface area contributed by atoms with Crippen molar-refractivity contribution < 1.29 is 13.6 Å². The predicted molar refractivity (Wildman–Crippen MR) is 47.7 cm³/mol. The summed E-state index contributed by atoms with van der Waals surface area (Å²) in [6.45, 7) is -0.168. The van der Waals surface area contributed by atoms with Gasteiger partial charge in [-0.15, -0.1) is 0 Å². The first-order valence-electron chi connectivity index (χ1n) is 4.03. The van der Waals surface area contributed by atoms with E-state index in [0.717, 1.165) is 12.1 Å². The van der Waals surface area contributed by atoms with E-state index in [1.807, 2.05) is 0 Å². The molecule has 14 heavy (non-hydrogen) atoms. The number of benzene rings is 1. The van der Waals surface area contributed by atoms with Crippen molar-refractivity contribution in [2.45, 2.75) is 6.54 Å². The van der Waals surface area contributed by atoms with Crippen molar-refractivity contribution in [1.82, 2.24) is 10.6 Å². The summed E-state index contributed by atoms with van der Waals surface area (Å²) in [5.41, 5.74) is -0.142. The highest BCUT2D eigenvalue weighted by molar-refractivity contribution is 5.73. The van der Waals surface area contributed by atoms with Gasteiger partial charge in [-0.05, 0) is 12.1 Å². The summed E-state index contributed by atoms with van der Waals surface area (Å²) in [5, 5.41) is 4.58. The molecule has 0 unspecified atom stereocenters. The Bertz CT molecular complexity index is 321. The van der Waals surface area contributed by atoms with E-state index in [1.165, 1.54) is 13.1 Å². The lowest BCUT2D eigenvalue weighted by atomic mass is 10.2. The van der Waals surface area contributed by atoms with Crippen molar-refractivity contribution >= 4 is 6.03 Å². The van der Waals surface area contributed by atoms with Crippen molar-refractivity contribution in [1.29, 1.82) is 0 Å². The van der Waals surface area contributed by atoms with Crippen LogP contribution in [0.15, 0.2) is 18.2 Å². The van der Waals surface area contributed by atoms with Crippen LogP contribution in [0.4, 0.5) is 13.6 Å². The maximum Gasteiger partial charge on any atom is 0.314 e. The molecule has 0 aliphatic rings. The fraction of sp³-hybridized carbons (Fsp3) is 0.222. The topological polar surface area (TPSA) is 41.1 Å². The minimum Gasteiger partial charge on any atom is -0.341 e. The lowest BCUT2D eigenvalue weighted by Crippen LogP contribution is -2.32. The number of hydrogen-bond acceptors (Lipinski definition) is 1. The molecule has 0 saturated heterocycles. The second kappa shape index (κ2) is 4.55. The fourth-order valence-corrected chi connectivity index (χ4v) is 0.958. The van der Waals surface area contributed by atoms with Gasteiger partial charge >= 0.3 is 6.03 Å². The zero-order valence-corrected chi connectivity index (χ0v) is 7.60. The molecule has 5 heteroatoms. The first kappa shape index (κ1) is 10.4. The maximum atomic E-state index is 13.0. The molecule has 0 aromatic heterocycles. The first-order chi connectivity index (χ1) is 6.65.